The van der Waals surface area contributed by atoms with Crippen molar-refractivity contribution in [1.29, 1.82) is 0 Å². The summed E-state index contributed by atoms with van der Waals surface area (Å²) >= 11 is 0. The summed E-state index contributed by atoms with van der Waals surface area (Å²) in [5.41, 5.74) is 2.65. The second-order valence-corrected chi connectivity index (χ2v) is 6.73. The first-order chi connectivity index (χ1) is 14.0. The number of hydrogen-bond acceptors (Lipinski definition) is 5. The van der Waals surface area contributed by atoms with E-state index in [4.69, 9.17) is 14.6 Å². The standard InChI is InChI=1S/C22H24N2O5/c1-28-19-12-11-16(13-20(19)29-2)18-14-17(15-7-4-3-5-8-15)23-24(18)21(25)9-6-10-22(26)27/h3-5,7-8,11-13,18H,6,9-10,14H2,1-2H3,(H,26,27)/t18-/m0/s1. The highest BCUT2D eigenvalue weighted by atomic mass is 16.5. The average molecular weight is 396 g/mol. The van der Waals surface area contributed by atoms with E-state index in [2.05, 4.69) is 5.10 Å². The molecule has 0 unspecified atom stereocenters. The van der Waals surface area contributed by atoms with Crippen LogP contribution >= 0.6 is 0 Å². The van der Waals surface area contributed by atoms with Gasteiger partial charge in [-0.15, -0.1) is 0 Å². The predicted molar refractivity (Wildman–Crippen MR) is 108 cm³/mol. The molecule has 0 bridgehead atoms. The van der Waals surface area contributed by atoms with Crippen LogP contribution in [0.4, 0.5) is 0 Å². The summed E-state index contributed by atoms with van der Waals surface area (Å²) in [5.74, 6) is 0.0790. The lowest BCUT2D eigenvalue weighted by atomic mass is 9.98. The summed E-state index contributed by atoms with van der Waals surface area (Å²) in [5, 5.41) is 14.9. The Morgan fingerprint density at radius 2 is 1.79 bits per heavy atom. The monoisotopic (exact) mass is 396 g/mol. The van der Waals surface area contributed by atoms with Crippen LogP contribution < -0.4 is 9.47 Å². The Labute approximate surface area is 169 Å². The molecule has 1 atom stereocenters. The zero-order valence-corrected chi connectivity index (χ0v) is 16.5. The second-order valence-electron chi connectivity index (χ2n) is 6.73. The van der Waals surface area contributed by atoms with Gasteiger partial charge in [0.25, 0.3) is 0 Å². The maximum absolute atomic E-state index is 12.8. The third kappa shape index (κ3) is 4.74. The van der Waals surface area contributed by atoms with Crippen molar-refractivity contribution < 1.29 is 24.2 Å². The van der Waals surface area contributed by atoms with Crippen molar-refractivity contribution in [2.45, 2.75) is 31.7 Å². The zero-order valence-electron chi connectivity index (χ0n) is 16.5. The highest BCUT2D eigenvalue weighted by Gasteiger charge is 2.33. The quantitative estimate of drug-likeness (QED) is 0.736. The molecule has 1 heterocycles. The minimum absolute atomic E-state index is 0.0458. The molecule has 1 aliphatic heterocycles. The van der Waals surface area contributed by atoms with Gasteiger partial charge in [0.1, 0.15) is 0 Å². The number of hydrazone groups is 1. The number of aliphatic carboxylic acids is 1. The number of rotatable bonds is 8. The van der Waals surface area contributed by atoms with Crippen LogP contribution in [-0.2, 0) is 9.59 Å². The molecule has 29 heavy (non-hydrogen) atoms. The lowest BCUT2D eigenvalue weighted by Crippen LogP contribution is -2.27. The van der Waals surface area contributed by atoms with Gasteiger partial charge in [-0.1, -0.05) is 36.4 Å². The Balaban J connectivity index is 1.89. The van der Waals surface area contributed by atoms with E-state index in [9.17, 15) is 9.59 Å². The number of methoxy groups -OCH3 is 2. The molecule has 0 saturated carbocycles. The van der Waals surface area contributed by atoms with Crippen molar-refractivity contribution in [2.75, 3.05) is 14.2 Å². The van der Waals surface area contributed by atoms with E-state index in [1.54, 1.807) is 14.2 Å². The lowest BCUT2D eigenvalue weighted by molar-refractivity contribution is -0.137. The van der Waals surface area contributed by atoms with Crippen LogP contribution in [0.1, 0.15) is 42.9 Å². The molecule has 7 heteroatoms. The fourth-order valence-corrected chi connectivity index (χ4v) is 3.37. The smallest absolute Gasteiger partial charge is 0.303 e. The van der Waals surface area contributed by atoms with Gasteiger partial charge in [0.2, 0.25) is 5.91 Å². The van der Waals surface area contributed by atoms with Gasteiger partial charge in [-0.05, 0) is 29.7 Å². The number of amides is 1. The van der Waals surface area contributed by atoms with Crippen LogP contribution in [0.2, 0.25) is 0 Å². The summed E-state index contributed by atoms with van der Waals surface area (Å²) in [7, 11) is 3.14. The van der Waals surface area contributed by atoms with Crippen molar-refractivity contribution in [3.8, 4) is 11.5 Å². The van der Waals surface area contributed by atoms with Gasteiger partial charge in [0, 0.05) is 19.3 Å². The van der Waals surface area contributed by atoms with E-state index >= 15 is 0 Å². The summed E-state index contributed by atoms with van der Waals surface area (Å²) in [6.07, 6.45) is 0.918. The van der Waals surface area contributed by atoms with E-state index in [0.29, 0.717) is 17.9 Å². The van der Waals surface area contributed by atoms with Gasteiger partial charge in [-0.25, -0.2) is 5.01 Å². The molecule has 1 aliphatic rings. The zero-order chi connectivity index (χ0) is 20.8. The number of carbonyl (C=O) groups excluding carboxylic acids is 1. The number of carbonyl (C=O) groups is 2. The minimum Gasteiger partial charge on any atom is -0.493 e. The van der Waals surface area contributed by atoms with E-state index in [1.165, 1.54) is 5.01 Å². The van der Waals surface area contributed by atoms with Crippen molar-refractivity contribution in [2.24, 2.45) is 5.10 Å². The molecule has 0 spiro atoms. The van der Waals surface area contributed by atoms with Gasteiger partial charge in [0.05, 0.1) is 26.0 Å². The molecule has 0 radical (unpaired) electrons. The molecule has 1 N–H and O–H groups in total. The Kier molecular flexibility index (Phi) is 6.49. The average Bonchev–Trinajstić information content (AvgIpc) is 3.19. The van der Waals surface area contributed by atoms with Gasteiger partial charge in [-0.2, -0.15) is 5.10 Å². The van der Waals surface area contributed by atoms with E-state index in [0.717, 1.165) is 16.8 Å². The van der Waals surface area contributed by atoms with Crippen molar-refractivity contribution in [1.82, 2.24) is 5.01 Å². The topological polar surface area (TPSA) is 88.4 Å². The Hall–Kier alpha value is -3.35. The lowest BCUT2D eigenvalue weighted by Gasteiger charge is -2.23. The molecule has 1 amide bonds. The molecule has 2 aromatic rings. The largest absolute Gasteiger partial charge is 0.493 e. The fourth-order valence-electron chi connectivity index (χ4n) is 3.37. The van der Waals surface area contributed by atoms with Gasteiger partial charge in [0.15, 0.2) is 11.5 Å². The maximum atomic E-state index is 12.8. The molecule has 0 fully saturated rings. The van der Waals surface area contributed by atoms with E-state index < -0.39 is 5.97 Å². The molecule has 152 valence electrons. The van der Waals surface area contributed by atoms with Crippen LogP contribution in [0.3, 0.4) is 0 Å². The van der Waals surface area contributed by atoms with Crippen molar-refractivity contribution in [3.05, 3.63) is 59.7 Å². The summed E-state index contributed by atoms with van der Waals surface area (Å²) in [4.78, 5) is 23.6. The Morgan fingerprint density at radius 3 is 2.45 bits per heavy atom. The molecule has 0 saturated heterocycles. The Bertz CT molecular complexity index is 911. The normalized spacial score (nSPS) is 15.7. The summed E-state index contributed by atoms with van der Waals surface area (Å²) < 4.78 is 10.7. The highest BCUT2D eigenvalue weighted by Crippen LogP contribution is 2.37. The molecule has 7 nitrogen and oxygen atoms in total. The molecule has 0 aliphatic carbocycles. The molecule has 3 rings (SSSR count). The number of carboxylic acid groups (broad SMARTS) is 1. The number of ether oxygens (including phenoxy) is 2. The van der Waals surface area contributed by atoms with E-state index in [1.807, 2.05) is 48.5 Å². The van der Waals surface area contributed by atoms with E-state index in [-0.39, 0.29) is 31.2 Å². The number of benzene rings is 2. The fraction of sp³-hybridized carbons (Fsp3) is 0.318. The number of nitrogens with zero attached hydrogens (tertiary/aromatic N) is 2. The van der Waals surface area contributed by atoms with Crippen LogP contribution in [0.15, 0.2) is 53.6 Å². The summed E-state index contributed by atoms with van der Waals surface area (Å²) in [6.45, 7) is 0. The maximum Gasteiger partial charge on any atom is 0.303 e. The highest BCUT2D eigenvalue weighted by molar-refractivity contribution is 6.03. The third-order valence-electron chi connectivity index (χ3n) is 4.85. The van der Waals surface area contributed by atoms with Crippen LogP contribution in [0, 0.1) is 0 Å². The van der Waals surface area contributed by atoms with Crippen LogP contribution in [0.25, 0.3) is 0 Å². The predicted octanol–water partition coefficient (Wildman–Crippen LogP) is 3.64. The third-order valence-corrected chi connectivity index (χ3v) is 4.85. The van der Waals surface area contributed by atoms with Gasteiger partial charge in [-0.3, -0.25) is 9.59 Å². The number of carboxylic acids is 1. The van der Waals surface area contributed by atoms with Crippen LogP contribution in [-0.4, -0.2) is 41.9 Å². The summed E-state index contributed by atoms with van der Waals surface area (Å²) in [6, 6.07) is 15.0. The first-order valence-electron chi connectivity index (χ1n) is 9.42. The van der Waals surface area contributed by atoms with Crippen molar-refractivity contribution >= 4 is 17.6 Å². The van der Waals surface area contributed by atoms with Gasteiger partial charge >= 0.3 is 5.97 Å². The first kappa shape index (κ1) is 20.4. The number of hydrogen-bond donors (Lipinski definition) is 1. The SMILES string of the molecule is COc1ccc([C@@H]2CC(c3ccccc3)=NN2C(=O)CCCC(=O)O)cc1OC. The van der Waals surface area contributed by atoms with Crippen molar-refractivity contribution in [3.63, 3.8) is 0 Å². The molecule has 0 aromatic heterocycles. The van der Waals surface area contributed by atoms with Gasteiger partial charge < -0.3 is 14.6 Å². The second kappa shape index (κ2) is 9.23. The first-order valence-corrected chi connectivity index (χ1v) is 9.42. The molecular formula is C22H24N2O5. The minimum atomic E-state index is -0.913. The van der Waals surface area contributed by atoms with Crippen LogP contribution in [0.5, 0.6) is 11.5 Å². The Morgan fingerprint density at radius 1 is 1.07 bits per heavy atom. The molecule has 2 aromatic carbocycles. The molecular weight excluding hydrogens is 372 g/mol.